The molecular formula is C16H14N4O. The van der Waals surface area contributed by atoms with Crippen LogP contribution in [-0.2, 0) is 11.3 Å². The number of nitrogens with one attached hydrogen (secondary N) is 2. The van der Waals surface area contributed by atoms with Crippen LogP contribution < -0.4 is 5.32 Å². The van der Waals surface area contributed by atoms with Gasteiger partial charge >= 0.3 is 0 Å². The number of hydrogen-bond donors (Lipinski definition) is 2. The Kier molecular flexibility index (Phi) is 3.73. The summed E-state index contributed by atoms with van der Waals surface area (Å²) in [7, 11) is 0. The molecule has 2 heterocycles. The minimum atomic E-state index is -0.148. The number of carbonyl (C=O) groups excluding carboxylic acids is 1. The molecule has 0 saturated carbocycles. The van der Waals surface area contributed by atoms with Crippen LogP contribution >= 0.6 is 0 Å². The maximum atomic E-state index is 11.8. The van der Waals surface area contributed by atoms with Crippen molar-refractivity contribution in [1.29, 1.82) is 0 Å². The van der Waals surface area contributed by atoms with Crippen LogP contribution in [-0.4, -0.2) is 21.1 Å². The summed E-state index contributed by atoms with van der Waals surface area (Å²) in [5.41, 5.74) is 2.48. The van der Waals surface area contributed by atoms with Gasteiger partial charge in [-0.15, -0.1) is 0 Å². The summed E-state index contributed by atoms with van der Waals surface area (Å²) in [6.07, 6.45) is 4.88. The smallest absolute Gasteiger partial charge is 0.244 e. The van der Waals surface area contributed by atoms with Gasteiger partial charge in [0.2, 0.25) is 5.91 Å². The van der Waals surface area contributed by atoms with Crippen molar-refractivity contribution in [2.45, 2.75) is 6.54 Å². The molecule has 3 aromatic rings. The first-order chi connectivity index (χ1) is 10.3. The summed E-state index contributed by atoms with van der Waals surface area (Å²) < 4.78 is 0. The number of amides is 1. The zero-order valence-corrected chi connectivity index (χ0v) is 11.3. The van der Waals surface area contributed by atoms with Gasteiger partial charge in [-0.3, -0.25) is 9.89 Å². The Balaban J connectivity index is 1.64. The fraction of sp³-hybridized carbons (Fsp3) is 0.0625. The lowest BCUT2D eigenvalue weighted by atomic mass is 10.2. The van der Waals surface area contributed by atoms with Crippen molar-refractivity contribution >= 4 is 23.0 Å². The molecule has 0 bridgehead atoms. The number of H-pyrrole nitrogens is 1. The van der Waals surface area contributed by atoms with E-state index in [0.29, 0.717) is 12.2 Å². The molecule has 1 amide bonds. The van der Waals surface area contributed by atoms with E-state index in [0.717, 1.165) is 16.6 Å². The summed E-state index contributed by atoms with van der Waals surface area (Å²) in [5, 5.41) is 10.7. The number of benzene rings is 1. The molecule has 2 N–H and O–H groups in total. The molecule has 0 aliphatic heterocycles. The number of fused-ring (bicyclic) bond motifs is 1. The SMILES string of the molecule is O=C(/C=C/c1[nH]nc2ncccc12)NCc1ccccc1. The normalized spacial score (nSPS) is 11.0. The minimum absolute atomic E-state index is 0.148. The Hall–Kier alpha value is -2.95. The Morgan fingerprint density at radius 3 is 2.90 bits per heavy atom. The molecule has 21 heavy (non-hydrogen) atoms. The maximum absolute atomic E-state index is 11.8. The summed E-state index contributed by atoms with van der Waals surface area (Å²) in [4.78, 5) is 15.9. The van der Waals surface area contributed by atoms with Gasteiger partial charge in [0.05, 0.1) is 5.69 Å². The van der Waals surface area contributed by atoms with Gasteiger partial charge in [-0.25, -0.2) is 4.98 Å². The first kappa shape index (κ1) is 13.1. The van der Waals surface area contributed by atoms with E-state index in [1.807, 2.05) is 42.5 Å². The van der Waals surface area contributed by atoms with Crippen molar-refractivity contribution in [2.75, 3.05) is 0 Å². The van der Waals surface area contributed by atoms with Gasteiger partial charge < -0.3 is 5.32 Å². The molecule has 5 nitrogen and oxygen atoms in total. The highest BCUT2D eigenvalue weighted by molar-refractivity contribution is 5.94. The molecular weight excluding hydrogens is 264 g/mol. The maximum Gasteiger partial charge on any atom is 0.244 e. The van der Waals surface area contributed by atoms with Crippen LogP contribution in [0.4, 0.5) is 0 Å². The van der Waals surface area contributed by atoms with Crippen LogP contribution in [0.25, 0.3) is 17.1 Å². The van der Waals surface area contributed by atoms with Crippen LogP contribution in [0.15, 0.2) is 54.7 Å². The summed E-state index contributed by atoms with van der Waals surface area (Å²) in [6, 6.07) is 13.5. The lowest BCUT2D eigenvalue weighted by Crippen LogP contribution is -2.20. The fourth-order valence-electron chi connectivity index (χ4n) is 2.00. The number of pyridine rings is 1. The molecule has 0 saturated heterocycles. The molecule has 0 radical (unpaired) electrons. The van der Waals surface area contributed by atoms with Crippen molar-refractivity contribution in [3.63, 3.8) is 0 Å². The second-order valence-corrected chi connectivity index (χ2v) is 4.55. The molecule has 0 atom stereocenters. The molecule has 0 fully saturated rings. The number of carbonyl (C=O) groups is 1. The van der Waals surface area contributed by atoms with E-state index >= 15 is 0 Å². The molecule has 5 heteroatoms. The Labute approximate surface area is 121 Å². The Morgan fingerprint density at radius 2 is 2.05 bits per heavy atom. The highest BCUT2D eigenvalue weighted by atomic mass is 16.1. The third-order valence-electron chi connectivity index (χ3n) is 3.07. The average molecular weight is 278 g/mol. The van der Waals surface area contributed by atoms with E-state index in [-0.39, 0.29) is 5.91 Å². The van der Waals surface area contributed by atoms with Crippen LogP contribution in [0, 0.1) is 0 Å². The minimum Gasteiger partial charge on any atom is -0.348 e. The van der Waals surface area contributed by atoms with E-state index in [4.69, 9.17) is 0 Å². The molecule has 0 aliphatic rings. The lowest BCUT2D eigenvalue weighted by Gasteiger charge is -2.01. The van der Waals surface area contributed by atoms with E-state index < -0.39 is 0 Å². The molecule has 1 aromatic carbocycles. The Bertz CT molecular complexity index is 777. The topological polar surface area (TPSA) is 70.7 Å². The largest absolute Gasteiger partial charge is 0.348 e. The van der Waals surface area contributed by atoms with Gasteiger partial charge in [-0.2, -0.15) is 5.10 Å². The van der Waals surface area contributed by atoms with Gasteiger partial charge in [-0.1, -0.05) is 30.3 Å². The lowest BCUT2D eigenvalue weighted by molar-refractivity contribution is -0.116. The highest BCUT2D eigenvalue weighted by Gasteiger charge is 2.03. The highest BCUT2D eigenvalue weighted by Crippen LogP contribution is 2.13. The second-order valence-electron chi connectivity index (χ2n) is 4.55. The first-order valence-electron chi connectivity index (χ1n) is 6.62. The van der Waals surface area contributed by atoms with E-state index in [1.165, 1.54) is 6.08 Å². The third kappa shape index (κ3) is 3.14. The summed E-state index contributed by atoms with van der Waals surface area (Å²) in [5.74, 6) is -0.148. The fourth-order valence-corrected chi connectivity index (χ4v) is 2.00. The second kappa shape index (κ2) is 6.00. The van der Waals surface area contributed by atoms with Crippen LogP contribution in [0.2, 0.25) is 0 Å². The number of aromatic nitrogens is 3. The average Bonchev–Trinajstić information content (AvgIpc) is 2.95. The van der Waals surface area contributed by atoms with Crippen molar-refractivity contribution in [3.8, 4) is 0 Å². The summed E-state index contributed by atoms with van der Waals surface area (Å²) >= 11 is 0. The van der Waals surface area contributed by atoms with E-state index in [1.54, 1.807) is 12.3 Å². The summed E-state index contributed by atoms with van der Waals surface area (Å²) in [6.45, 7) is 0.509. The quantitative estimate of drug-likeness (QED) is 0.719. The molecule has 0 unspecified atom stereocenters. The standard InChI is InChI=1S/C16H14N4O/c21-15(18-11-12-5-2-1-3-6-12)9-8-14-13-7-4-10-17-16(13)20-19-14/h1-10H,11H2,(H,18,21)(H,17,19,20)/b9-8+. The van der Waals surface area contributed by atoms with Gasteiger partial charge in [0.25, 0.3) is 0 Å². The molecule has 2 aromatic heterocycles. The van der Waals surface area contributed by atoms with Crippen molar-refractivity contribution < 1.29 is 4.79 Å². The van der Waals surface area contributed by atoms with E-state index in [2.05, 4.69) is 20.5 Å². The predicted octanol–water partition coefficient (Wildman–Crippen LogP) is 2.29. The van der Waals surface area contributed by atoms with Gasteiger partial charge in [-0.05, 0) is 23.8 Å². The number of nitrogens with zero attached hydrogens (tertiary/aromatic N) is 2. The zero-order valence-electron chi connectivity index (χ0n) is 11.3. The third-order valence-corrected chi connectivity index (χ3v) is 3.07. The Morgan fingerprint density at radius 1 is 1.19 bits per heavy atom. The zero-order chi connectivity index (χ0) is 14.5. The van der Waals surface area contributed by atoms with Crippen molar-refractivity contribution in [2.24, 2.45) is 0 Å². The van der Waals surface area contributed by atoms with Crippen LogP contribution in [0.5, 0.6) is 0 Å². The molecule has 0 aliphatic carbocycles. The number of aromatic amines is 1. The van der Waals surface area contributed by atoms with Crippen LogP contribution in [0.3, 0.4) is 0 Å². The predicted molar refractivity (Wildman–Crippen MR) is 81.2 cm³/mol. The van der Waals surface area contributed by atoms with Crippen molar-refractivity contribution in [1.82, 2.24) is 20.5 Å². The number of hydrogen-bond acceptors (Lipinski definition) is 3. The van der Waals surface area contributed by atoms with Gasteiger partial charge in [0, 0.05) is 24.2 Å². The molecule has 3 rings (SSSR count). The monoisotopic (exact) mass is 278 g/mol. The van der Waals surface area contributed by atoms with Gasteiger partial charge in [0.1, 0.15) is 0 Å². The van der Waals surface area contributed by atoms with Crippen molar-refractivity contribution in [3.05, 3.63) is 66.0 Å². The van der Waals surface area contributed by atoms with E-state index in [9.17, 15) is 4.79 Å². The molecule has 0 spiro atoms. The van der Waals surface area contributed by atoms with Gasteiger partial charge in [0.15, 0.2) is 5.65 Å². The number of rotatable bonds is 4. The van der Waals surface area contributed by atoms with Crippen LogP contribution in [0.1, 0.15) is 11.3 Å². The first-order valence-corrected chi connectivity index (χ1v) is 6.62. The molecule has 104 valence electrons.